The highest BCUT2D eigenvalue weighted by atomic mass is 32.2. The van der Waals surface area contributed by atoms with Gasteiger partial charge in [-0.2, -0.15) is 0 Å². The number of aliphatic hydroxyl groups excluding tert-OH is 3. The van der Waals surface area contributed by atoms with Crippen LogP contribution in [0.4, 0.5) is 13.2 Å². The van der Waals surface area contributed by atoms with Gasteiger partial charge in [0.15, 0.2) is 23.3 Å². The number of halogens is 3. The van der Waals surface area contributed by atoms with Crippen molar-refractivity contribution in [1.82, 2.24) is 20.0 Å². The first-order valence-corrected chi connectivity index (χ1v) is 13.0. The third-order valence-electron chi connectivity index (χ3n) is 6.44. The summed E-state index contributed by atoms with van der Waals surface area (Å²) in [5, 5.41) is 50.1. The molecule has 2 aromatic heterocycles. The SMILES string of the molecule is Cc1nc([C@@H]([SH]2C[C@H](O)[C@H](n3cc(-c4cc(F)c(F)c(F)c4)nn3)[C@@H](O)[C@H]2CO)C(C)(C)O)c(C)o1. The van der Waals surface area contributed by atoms with Crippen molar-refractivity contribution in [1.29, 1.82) is 0 Å². The molecule has 13 heteroatoms. The van der Waals surface area contributed by atoms with Crippen LogP contribution in [0.5, 0.6) is 0 Å². The summed E-state index contributed by atoms with van der Waals surface area (Å²) in [6.45, 7) is 6.17. The first-order valence-electron chi connectivity index (χ1n) is 11.3. The molecule has 198 valence electrons. The van der Waals surface area contributed by atoms with E-state index in [-0.39, 0.29) is 17.0 Å². The summed E-state index contributed by atoms with van der Waals surface area (Å²) >= 11 is 0. The lowest BCUT2D eigenvalue weighted by molar-refractivity contribution is 0.00564. The Hall–Kier alpha value is -2.45. The summed E-state index contributed by atoms with van der Waals surface area (Å²) in [6, 6.07) is 0.499. The summed E-state index contributed by atoms with van der Waals surface area (Å²) in [6.07, 6.45) is -1.19. The van der Waals surface area contributed by atoms with Crippen molar-refractivity contribution < 1.29 is 38.0 Å². The topological polar surface area (TPSA) is 138 Å². The number of aromatic nitrogens is 4. The Bertz CT molecular complexity index is 1220. The number of nitrogens with zero attached hydrogens (tertiary/aromatic N) is 4. The molecule has 0 radical (unpaired) electrons. The minimum Gasteiger partial charge on any atom is -0.446 e. The first kappa shape index (κ1) is 26.6. The largest absolute Gasteiger partial charge is 0.446 e. The highest BCUT2D eigenvalue weighted by Gasteiger charge is 2.49. The molecule has 0 saturated carbocycles. The van der Waals surface area contributed by atoms with Crippen LogP contribution >= 0.6 is 10.9 Å². The van der Waals surface area contributed by atoms with Crippen LogP contribution in [0.2, 0.25) is 0 Å². The molecule has 1 aliphatic rings. The molecule has 1 aromatic carbocycles. The van der Waals surface area contributed by atoms with Crippen molar-refractivity contribution >= 4 is 10.9 Å². The lowest BCUT2D eigenvalue weighted by Crippen LogP contribution is -2.52. The molecule has 4 N–H and O–H groups in total. The molecule has 1 unspecified atom stereocenters. The van der Waals surface area contributed by atoms with Crippen molar-refractivity contribution in [3.63, 3.8) is 0 Å². The van der Waals surface area contributed by atoms with Crippen LogP contribution in [0.15, 0.2) is 22.7 Å². The van der Waals surface area contributed by atoms with Crippen molar-refractivity contribution in [2.75, 3.05) is 12.4 Å². The third kappa shape index (κ3) is 4.77. The van der Waals surface area contributed by atoms with Gasteiger partial charge in [0.05, 0.1) is 41.6 Å². The van der Waals surface area contributed by atoms with Gasteiger partial charge < -0.3 is 24.8 Å². The first-order chi connectivity index (χ1) is 16.8. The molecule has 0 bridgehead atoms. The average molecular weight is 531 g/mol. The maximum absolute atomic E-state index is 13.7. The third-order valence-corrected chi connectivity index (χ3v) is 10.1. The zero-order chi connectivity index (χ0) is 26.5. The number of hydrogen-bond donors (Lipinski definition) is 5. The monoisotopic (exact) mass is 530 g/mol. The molecular weight excluding hydrogens is 501 g/mol. The van der Waals surface area contributed by atoms with E-state index in [1.54, 1.807) is 27.7 Å². The van der Waals surface area contributed by atoms with E-state index in [0.29, 0.717) is 17.3 Å². The van der Waals surface area contributed by atoms with E-state index in [9.17, 15) is 33.6 Å². The maximum Gasteiger partial charge on any atom is 0.194 e. The van der Waals surface area contributed by atoms with Crippen LogP contribution in [0.25, 0.3) is 11.3 Å². The molecule has 4 rings (SSSR count). The van der Waals surface area contributed by atoms with Gasteiger partial charge in [-0.15, -0.1) is 5.10 Å². The number of rotatable bonds is 6. The second kappa shape index (κ2) is 9.78. The number of benzene rings is 1. The number of aliphatic hydroxyl groups is 4. The molecule has 0 spiro atoms. The predicted octanol–water partition coefficient (Wildman–Crippen LogP) is 2.12. The Balaban J connectivity index is 1.68. The minimum atomic E-state index is -1.61. The number of hydrogen-bond acceptors (Lipinski definition) is 8. The normalized spacial score (nSPS) is 26.8. The van der Waals surface area contributed by atoms with E-state index in [1.165, 1.54) is 10.9 Å². The molecular formula is C23H29F3N4O5S. The van der Waals surface area contributed by atoms with E-state index in [0.717, 1.165) is 12.1 Å². The highest BCUT2D eigenvalue weighted by Crippen LogP contribution is 2.57. The van der Waals surface area contributed by atoms with E-state index >= 15 is 0 Å². The van der Waals surface area contributed by atoms with Crippen LogP contribution in [0, 0.1) is 31.3 Å². The van der Waals surface area contributed by atoms with Gasteiger partial charge in [-0.1, -0.05) is 5.21 Å². The second-order valence-corrected chi connectivity index (χ2v) is 12.1. The zero-order valence-electron chi connectivity index (χ0n) is 20.1. The summed E-state index contributed by atoms with van der Waals surface area (Å²) < 4.78 is 47.4. The fraction of sp³-hybridized carbons (Fsp3) is 0.522. The Morgan fingerprint density at radius 2 is 1.83 bits per heavy atom. The molecule has 0 aliphatic carbocycles. The second-order valence-electron chi connectivity index (χ2n) is 9.56. The van der Waals surface area contributed by atoms with Crippen LogP contribution in [-0.4, -0.2) is 75.8 Å². The van der Waals surface area contributed by atoms with E-state index in [2.05, 4.69) is 15.3 Å². The number of thiol groups is 1. The van der Waals surface area contributed by atoms with Gasteiger partial charge in [0.2, 0.25) is 0 Å². The van der Waals surface area contributed by atoms with Gasteiger partial charge in [-0.25, -0.2) is 33.7 Å². The van der Waals surface area contributed by atoms with Gasteiger partial charge in [0.1, 0.15) is 17.5 Å². The Labute approximate surface area is 207 Å². The van der Waals surface area contributed by atoms with E-state index in [4.69, 9.17) is 4.42 Å². The molecule has 1 saturated heterocycles. The van der Waals surface area contributed by atoms with Gasteiger partial charge in [0.25, 0.3) is 0 Å². The Morgan fingerprint density at radius 1 is 1.19 bits per heavy atom. The minimum absolute atomic E-state index is 0.00338. The van der Waals surface area contributed by atoms with E-state index < -0.39 is 69.3 Å². The fourth-order valence-corrected chi connectivity index (χ4v) is 8.56. The molecule has 9 nitrogen and oxygen atoms in total. The van der Waals surface area contributed by atoms with Crippen molar-refractivity contribution in [3.8, 4) is 11.3 Å². The molecule has 0 amide bonds. The lowest BCUT2D eigenvalue weighted by Gasteiger charge is -2.50. The fourth-order valence-electron chi connectivity index (χ4n) is 4.91. The zero-order valence-corrected chi connectivity index (χ0v) is 21.0. The molecule has 1 aliphatic heterocycles. The lowest BCUT2D eigenvalue weighted by atomic mass is 10.0. The Morgan fingerprint density at radius 3 is 2.36 bits per heavy atom. The highest BCUT2D eigenvalue weighted by molar-refractivity contribution is 8.18. The maximum atomic E-state index is 13.7. The molecule has 3 aromatic rings. The Kier molecular flexibility index (Phi) is 7.23. The van der Waals surface area contributed by atoms with Crippen molar-refractivity contribution in [2.24, 2.45) is 0 Å². The summed E-state index contributed by atoms with van der Waals surface area (Å²) in [7, 11) is -1.44. The van der Waals surface area contributed by atoms with Crippen molar-refractivity contribution in [3.05, 3.63) is 53.1 Å². The molecule has 3 heterocycles. The van der Waals surface area contributed by atoms with Gasteiger partial charge in [-0.05, 0) is 32.9 Å². The number of oxazole rings is 1. The van der Waals surface area contributed by atoms with Crippen LogP contribution in [0.3, 0.4) is 0 Å². The predicted molar refractivity (Wildman–Crippen MR) is 126 cm³/mol. The van der Waals surface area contributed by atoms with Gasteiger partial charge >= 0.3 is 0 Å². The number of aryl methyl sites for hydroxylation is 2. The summed E-state index contributed by atoms with van der Waals surface area (Å²) in [5.41, 5.74) is -0.872. The summed E-state index contributed by atoms with van der Waals surface area (Å²) in [4.78, 5) is 4.43. The van der Waals surface area contributed by atoms with Crippen molar-refractivity contribution in [2.45, 2.75) is 62.0 Å². The molecule has 1 fully saturated rings. The van der Waals surface area contributed by atoms with Crippen LogP contribution in [0.1, 0.15) is 42.5 Å². The molecule has 36 heavy (non-hydrogen) atoms. The standard InChI is InChI=1S/C23H29F3N4O5S/c1-10-19(27-11(2)35-10)22(23(3,4)34)36-9-16(32)20(21(33)17(36)8-31)30-7-15(28-29-30)12-5-13(24)18(26)14(25)6-12/h5-7,16-17,20-22,31-34,36H,8-9H2,1-4H3/t16-,17+,20-,21-,22+/m0/s1. The van der Waals surface area contributed by atoms with Crippen LogP contribution < -0.4 is 0 Å². The van der Waals surface area contributed by atoms with E-state index in [1.807, 2.05) is 0 Å². The van der Waals surface area contributed by atoms with Gasteiger partial charge in [0, 0.05) is 23.5 Å². The van der Waals surface area contributed by atoms with Crippen LogP contribution in [-0.2, 0) is 0 Å². The molecule has 6 atom stereocenters. The average Bonchev–Trinajstić information content (AvgIpc) is 3.37. The van der Waals surface area contributed by atoms with Gasteiger partial charge in [-0.3, -0.25) is 0 Å². The smallest absolute Gasteiger partial charge is 0.194 e. The quantitative estimate of drug-likeness (QED) is 0.241. The summed E-state index contributed by atoms with van der Waals surface area (Å²) in [5.74, 6) is -3.35.